The monoisotopic (exact) mass is 224 g/mol. The summed E-state index contributed by atoms with van der Waals surface area (Å²) in [6, 6.07) is 0.546. The summed E-state index contributed by atoms with van der Waals surface area (Å²) >= 11 is 0. The van der Waals surface area contributed by atoms with Crippen LogP contribution in [0.15, 0.2) is 0 Å². The van der Waals surface area contributed by atoms with Crippen molar-refractivity contribution in [2.24, 2.45) is 11.8 Å². The lowest BCUT2D eigenvalue weighted by molar-refractivity contribution is -0.128. The summed E-state index contributed by atoms with van der Waals surface area (Å²) in [7, 11) is 0. The van der Waals surface area contributed by atoms with Gasteiger partial charge in [-0.3, -0.25) is 4.79 Å². The first-order valence-electron chi connectivity index (χ1n) is 6.75. The number of carbonyl (C=O) groups is 1. The molecule has 1 saturated heterocycles. The SMILES string of the molecule is CCNC(CN1CC(CC)CC1=O)C1CC1. The van der Waals surface area contributed by atoms with Gasteiger partial charge in [-0.2, -0.15) is 0 Å². The van der Waals surface area contributed by atoms with Gasteiger partial charge in [0.05, 0.1) is 0 Å². The van der Waals surface area contributed by atoms with Gasteiger partial charge in [-0.1, -0.05) is 20.3 Å². The third-order valence-corrected chi connectivity index (χ3v) is 3.95. The normalized spacial score (nSPS) is 27.5. The van der Waals surface area contributed by atoms with Gasteiger partial charge in [0.1, 0.15) is 0 Å². The third-order valence-electron chi connectivity index (χ3n) is 3.95. The molecule has 3 nitrogen and oxygen atoms in total. The molecule has 1 aliphatic heterocycles. The molecule has 0 aromatic rings. The molecule has 1 saturated carbocycles. The van der Waals surface area contributed by atoms with Gasteiger partial charge in [-0.25, -0.2) is 0 Å². The van der Waals surface area contributed by atoms with Crippen LogP contribution in [0.2, 0.25) is 0 Å². The molecular weight excluding hydrogens is 200 g/mol. The molecular formula is C13H24N2O. The molecule has 1 N–H and O–H groups in total. The predicted molar refractivity (Wildman–Crippen MR) is 65.2 cm³/mol. The van der Waals surface area contributed by atoms with Crippen molar-refractivity contribution in [1.82, 2.24) is 10.2 Å². The van der Waals surface area contributed by atoms with E-state index in [2.05, 4.69) is 24.1 Å². The van der Waals surface area contributed by atoms with E-state index in [4.69, 9.17) is 0 Å². The Morgan fingerprint density at radius 2 is 2.19 bits per heavy atom. The molecule has 2 atom stereocenters. The van der Waals surface area contributed by atoms with Gasteiger partial charge in [-0.15, -0.1) is 0 Å². The summed E-state index contributed by atoms with van der Waals surface area (Å²) in [6.07, 6.45) is 4.60. The molecule has 3 heteroatoms. The van der Waals surface area contributed by atoms with Crippen LogP contribution >= 0.6 is 0 Å². The quantitative estimate of drug-likeness (QED) is 0.744. The summed E-state index contributed by atoms with van der Waals surface area (Å²) in [5, 5.41) is 3.53. The first-order chi connectivity index (χ1) is 7.74. The summed E-state index contributed by atoms with van der Waals surface area (Å²) in [5.41, 5.74) is 0. The van der Waals surface area contributed by atoms with Crippen LogP contribution in [0.25, 0.3) is 0 Å². The zero-order valence-corrected chi connectivity index (χ0v) is 10.5. The molecule has 1 heterocycles. The van der Waals surface area contributed by atoms with E-state index in [0.29, 0.717) is 17.9 Å². The zero-order chi connectivity index (χ0) is 11.5. The van der Waals surface area contributed by atoms with Gasteiger partial charge in [0.25, 0.3) is 0 Å². The molecule has 0 bridgehead atoms. The number of likely N-dealkylation sites (N-methyl/N-ethyl adjacent to an activating group) is 1. The highest BCUT2D eigenvalue weighted by atomic mass is 16.2. The van der Waals surface area contributed by atoms with E-state index in [0.717, 1.165) is 38.4 Å². The second-order valence-corrected chi connectivity index (χ2v) is 5.28. The van der Waals surface area contributed by atoms with Crippen molar-refractivity contribution in [3.63, 3.8) is 0 Å². The second-order valence-electron chi connectivity index (χ2n) is 5.28. The van der Waals surface area contributed by atoms with Crippen LogP contribution in [0.4, 0.5) is 0 Å². The number of nitrogens with one attached hydrogen (secondary N) is 1. The smallest absolute Gasteiger partial charge is 0.222 e. The number of hydrogen-bond donors (Lipinski definition) is 1. The minimum atomic E-state index is 0.371. The lowest BCUT2D eigenvalue weighted by atomic mass is 10.1. The van der Waals surface area contributed by atoms with Crippen LogP contribution in [0.1, 0.15) is 39.5 Å². The first kappa shape index (κ1) is 11.9. The lowest BCUT2D eigenvalue weighted by Gasteiger charge is -2.24. The summed E-state index contributed by atoms with van der Waals surface area (Å²) in [6.45, 7) is 7.28. The Bertz CT molecular complexity index is 250. The summed E-state index contributed by atoms with van der Waals surface area (Å²) < 4.78 is 0. The number of hydrogen-bond acceptors (Lipinski definition) is 2. The molecule has 2 unspecified atom stereocenters. The average Bonchev–Trinajstić information content (AvgIpc) is 3.05. The Morgan fingerprint density at radius 3 is 2.69 bits per heavy atom. The minimum Gasteiger partial charge on any atom is -0.341 e. The largest absolute Gasteiger partial charge is 0.341 e. The number of amides is 1. The van der Waals surface area contributed by atoms with Crippen LogP contribution in [0.3, 0.4) is 0 Å². The Balaban J connectivity index is 1.85. The maximum Gasteiger partial charge on any atom is 0.222 e. The Kier molecular flexibility index (Phi) is 3.85. The molecule has 2 fully saturated rings. The van der Waals surface area contributed by atoms with E-state index >= 15 is 0 Å². The molecule has 1 amide bonds. The Morgan fingerprint density at radius 1 is 1.44 bits per heavy atom. The van der Waals surface area contributed by atoms with Crippen molar-refractivity contribution in [2.75, 3.05) is 19.6 Å². The second kappa shape index (κ2) is 5.17. The number of carbonyl (C=O) groups excluding carboxylic acids is 1. The Hall–Kier alpha value is -0.570. The van der Waals surface area contributed by atoms with Crippen LogP contribution in [0.5, 0.6) is 0 Å². The number of likely N-dealkylation sites (tertiary alicyclic amines) is 1. The summed E-state index contributed by atoms with van der Waals surface area (Å²) in [5.74, 6) is 1.80. The minimum absolute atomic E-state index is 0.371. The van der Waals surface area contributed by atoms with Crippen LogP contribution in [-0.2, 0) is 4.79 Å². The zero-order valence-electron chi connectivity index (χ0n) is 10.5. The highest BCUT2D eigenvalue weighted by Gasteiger charge is 2.35. The van der Waals surface area contributed by atoms with E-state index in [1.54, 1.807) is 0 Å². The fourth-order valence-electron chi connectivity index (χ4n) is 2.68. The molecule has 0 radical (unpaired) electrons. The van der Waals surface area contributed by atoms with E-state index in [9.17, 15) is 4.79 Å². The van der Waals surface area contributed by atoms with Crippen LogP contribution in [0, 0.1) is 11.8 Å². The highest BCUT2D eigenvalue weighted by Crippen LogP contribution is 2.33. The van der Waals surface area contributed by atoms with Gasteiger partial charge in [-0.05, 0) is 31.2 Å². The molecule has 92 valence electrons. The van der Waals surface area contributed by atoms with Gasteiger partial charge in [0, 0.05) is 25.6 Å². The Labute approximate surface area is 98.6 Å². The van der Waals surface area contributed by atoms with Crippen LogP contribution in [-0.4, -0.2) is 36.5 Å². The lowest BCUT2D eigenvalue weighted by Crippen LogP contribution is -2.43. The molecule has 2 rings (SSSR count). The number of rotatable bonds is 6. The summed E-state index contributed by atoms with van der Waals surface area (Å²) in [4.78, 5) is 13.9. The molecule has 16 heavy (non-hydrogen) atoms. The maximum absolute atomic E-state index is 11.8. The van der Waals surface area contributed by atoms with E-state index in [1.165, 1.54) is 12.8 Å². The number of nitrogens with zero attached hydrogens (tertiary/aromatic N) is 1. The molecule has 0 aromatic heterocycles. The van der Waals surface area contributed by atoms with Gasteiger partial charge in [0.15, 0.2) is 0 Å². The van der Waals surface area contributed by atoms with Gasteiger partial charge in [0.2, 0.25) is 5.91 Å². The third kappa shape index (κ3) is 2.76. The van der Waals surface area contributed by atoms with Crippen molar-refractivity contribution < 1.29 is 4.79 Å². The maximum atomic E-state index is 11.8. The highest BCUT2D eigenvalue weighted by molar-refractivity contribution is 5.78. The molecule has 0 spiro atoms. The standard InChI is InChI=1S/C13H24N2O/c1-3-10-7-13(16)15(8-10)9-12(14-4-2)11-5-6-11/h10-12,14H,3-9H2,1-2H3. The van der Waals surface area contributed by atoms with Gasteiger partial charge < -0.3 is 10.2 Å². The van der Waals surface area contributed by atoms with Crippen molar-refractivity contribution >= 4 is 5.91 Å². The predicted octanol–water partition coefficient (Wildman–Crippen LogP) is 1.63. The van der Waals surface area contributed by atoms with E-state index in [1.807, 2.05) is 0 Å². The van der Waals surface area contributed by atoms with Crippen molar-refractivity contribution in [3.8, 4) is 0 Å². The molecule has 0 aromatic carbocycles. The van der Waals surface area contributed by atoms with Crippen molar-refractivity contribution in [2.45, 2.75) is 45.6 Å². The van der Waals surface area contributed by atoms with E-state index < -0.39 is 0 Å². The van der Waals surface area contributed by atoms with Gasteiger partial charge >= 0.3 is 0 Å². The van der Waals surface area contributed by atoms with E-state index in [-0.39, 0.29) is 0 Å². The van der Waals surface area contributed by atoms with Crippen molar-refractivity contribution in [3.05, 3.63) is 0 Å². The topological polar surface area (TPSA) is 32.3 Å². The fraction of sp³-hybridized carbons (Fsp3) is 0.923. The van der Waals surface area contributed by atoms with Crippen molar-refractivity contribution in [1.29, 1.82) is 0 Å². The fourth-order valence-corrected chi connectivity index (χ4v) is 2.68. The van der Waals surface area contributed by atoms with Crippen LogP contribution < -0.4 is 5.32 Å². The first-order valence-corrected chi connectivity index (χ1v) is 6.75. The molecule has 1 aliphatic carbocycles. The average molecular weight is 224 g/mol. The molecule has 2 aliphatic rings.